The van der Waals surface area contributed by atoms with Gasteiger partial charge in [0, 0.05) is 12.8 Å². The van der Waals surface area contributed by atoms with Gasteiger partial charge in [-0.15, -0.1) is 5.06 Å². The number of hydrogen-bond acceptors (Lipinski definition) is 6. The van der Waals surface area contributed by atoms with Gasteiger partial charge in [0.15, 0.2) is 0 Å². The van der Waals surface area contributed by atoms with Crippen LogP contribution in [0.15, 0.2) is 0 Å². The van der Waals surface area contributed by atoms with E-state index >= 15 is 0 Å². The van der Waals surface area contributed by atoms with Crippen molar-refractivity contribution in [3.8, 4) is 0 Å². The molecule has 0 bridgehead atoms. The van der Waals surface area contributed by atoms with Crippen LogP contribution in [0.1, 0.15) is 59.8 Å². The molecule has 1 fully saturated rings. The Hall–Kier alpha value is -2.12. The van der Waals surface area contributed by atoms with Crippen molar-refractivity contribution in [1.29, 1.82) is 0 Å². The molecular formula is C15H24N2O6. The molecule has 0 unspecified atom stereocenters. The van der Waals surface area contributed by atoms with Gasteiger partial charge in [0.1, 0.15) is 11.6 Å². The van der Waals surface area contributed by atoms with Crippen LogP contribution < -0.4 is 5.32 Å². The summed E-state index contributed by atoms with van der Waals surface area (Å²) in [5, 5.41) is 2.90. The van der Waals surface area contributed by atoms with Gasteiger partial charge in [-0.1, -0.05) is 19.8 Å². The van der Waals surface area contributed by atoms with Crippen molar-refractivity contribution in [3.63, 3.8) is 0 Å². The van der Waals surface area contributed by atoms with Gasteiger partial charge in [-0.2, -0.15) is 0 Å². The number of unbranched alkanes of at least 4 members (excludes halogenated alkanes) is 1. The van der Waals surface area contributed by atoms with E-state index in [1.165, 1.54) is 0 Å². The highest BCUT2D eigenvalue weighted by Crippen LogP contribution is 2.14. The number of alkyl carbamates (subject to hydrolysis) is 1. The molecule has 130 valence electrons. The lowest BCUT2D eigenvalue weighted by atomic mass is 10.1. The first-order valence-corrected chi connectivity index (χ1v) is 7.71. The van der Waals surface area contributed by atoms with Crippen LogP contribution >= 0.6 is 0 Å². The van der Waals surface area contributed by atoms with Crippen molar-refractivity contribution in [2.75, 3.05) is 0 Å². The summed E-state index contributed by atoms with van der Waals surface area (Å²) >= 11 is 0. The minimum atomic E-state index is -0.981. The minimum Gasteiger partial charge on any atom is -0.444 e. The standard InChI is InChI=1S/C15H24N2O6/c1-5-6-7-10(16-14(21)22-15(2,3)4)13(20)23-17-11(18)8-9-12(17)19/h10H,5-9H2,1-4H3,(H,16,21)/t10-/m0/s1. The smallest absolute Gasteiger partial charge is 0.408 e. The van der Waals surface area contributed by atoms with Crippen molar-refractivity contribution in [3.05, 3.63) is 0 Å². The third-order valence-corrected chi connectivity index (χ3v) is 3.01. The molecule has 0 radical (unpaired) electrons. The second-order valence-corrected chi connectivity index (χ2v) is 6.33. The third-order valence-electron chi connectivity index (χ3n) is 3.01. The number of nitrogens with zero attached hydrogens (tertiary/aromatic N) is 1. The first-order chi connectivity index (χ1) is 10.6. The van der Waals surface area contributed by atoms with E-state index in [1.54, 1.807) is 20.8 Å². The molecule has 0 aromatic rings. The molecule has 8 heteroatoms. The maximum atomic E-state index is 12.2. The SMILES string of the molecule is CCCC[C@H](NC(=O)OC(C)(C)C)C(=O)ON1C(=O)CCC1=O. The average molecular weight is 328 g/mol. The van der Waals surface area contributed by atoms with E-state index in [0.717, 1.165) is 6.42 Å². The van der Waals surface area contributed by atoms with Crippen molar-refractivity contribution < 1.29 is 28.8 Å². The van der Waals surface area contributed by atoms with Gasteiger partial charge in [0.25, 0.3) is 11.8 Å². The topological polar surface area (TPSA) is 102 Å². The van der Waals surface area contributed by atoms with Gasteiger partial charge in [-0.05, 0) is 27.2 Å². The van der Waals surface area contributed by atoms with Crippen LogP contribution in [0.4, 0.5) is 4.79 Å². The number of ether oxygens (including phenoxy) is 1. The molecule has 0 saturated carbocycles. The first-order valence-electron chi connectivity index (χ1n) is 7.71. The summed E-state index contributed by atoms with van der Waals surface area (Å²) in [5.74, 6) is -1.97. The third kappa shape index (κ3) is 6.25. The van der Waals surface area contributed by atoms with Crippen LogP contribution in [0.2, 0.25) is 0 Å². The number of carbonyl (C=O) groups is 4. The summed E-state index contributed by atoms with van der Waals surface area (Å²) in [5.41, 5.74) is -0.704. The molecule has 23 heavy (non-hydrogen) atoms. The van der Waals surface area contributed by atoms with Gasteiger partial charge in [-0.25, -0.2) is 9.59 Å². The lowest BCUT2D eigenvalue weighted by Gasteiger charge is -2.23. The van der Waals surface area contributed by atoms with Crippen LogP contribution in [0.3, 0.4) is 0 Å². The molecule has 1 aliphatic rings. The molecule has 1 aliphatic heterocycles. The zero-order valence-corrected chi connectivity index (χ0v) is 14.0. The molecular weight excluding hydrogens is 304 g/mol. The summed E-state index contributed by atoms with van der Waals surface area (Å²) in [4.78, 5) is 51.8. The van der Waals surface area contributed by atoms with E-state index in [-0.39, 0.29) is 12.8 Å². The Bertz CT molecular complexity index is 467. The van der Waals surface area contributed by atoms with Crippen molar-refractivity contribution in [2.45, 2.75) is 71.4 Å². The van der Waals surface area contributed by atoms with Gasteiger partial charge in [0.05, 0.1) is 0 Å². The molecule has 0 aromatic carbocycles. The van der Waals surface area contributed by atoms with Crippen LogP contribution in [-0.4, -0.2) is 40.6 Å². The summed E-state index contributed by atoms with van der Waals surface area (Å²) in [6, 6.07) is -0.981. The molecule has 1 saturated heterocycles. The van der Waals surface area contributed by atoms with Crippen LogP contribution in [0.5, 0.6) is 0 Å². The van der Waals surface area contributed by atoms with Gasteiger partial charge >= 0.3 is 12.1 Å². The predicted octanol–water partition coefficient (Wildman–Crippen LogP) is 1.68. The predicted molar refractivity (Wildman–Crippen MR) is 79.9 cm³/mol. The molecule has 1 N–H and O–H groups in total. The van der Waals surface area contributed by atoms with Crippen molar-refractivity contribution in [2.24, 2.45) is 0 Å². The number of nitrogens with one attached hydrogen (secondary N) is 1. The monoisotopic (exact) mass is 328 g/mol. The molecule has 0 spiro atoms. The number of imide groups is 1. The number of hydrogen-bond donors (Lipinski definition) is 1. The lowest BCUT2D eigenvalue weighted by molar-refractivity contribution is -0.199. The van der Waals surface area contributed by atoms with E-state index < -0.39 is 35.5 Å². The summed E-state index contributed by atoms with van der Waals surface area (Å²) < 4.78 is 5.11. The second-order valence-electron chi connectivity index (χ2n) is 6.33. The molecule has 1 rings (SSSR count). The fourth-order valence-electron chi connectivity index (χ4n) is 1.92. The van der Waals surface area contributed by atoms with Gasteiger partial charge < -0.3 is 14.9 Å². The van der Waals surface area contributed by atoms with Crippen LogP contribution in [0.25, 0.3) is 0 Å². The number of amides is 3. The van der Waals surface area contributed by atoms with Crippen molar-refractivity contribution >= 4 is 23.9 Å². The minimum absolute atomic E-state index is 0.0191. The molecule has 8 nitrogen and oxygen atoms in total. The Morgan fingerprint density at radius 2 is 1.78 bits per heavy atom. The zero-order valence-electron chi connectivity index (χ0n) is 14.0. The molecule has 1 heterocycles. The largest absolute Gasteiger partial charge is 0.444 e. The summed E-state index contributed by atoms with van der Waals surface area (Å²) in [6.45, 7) is 7.04. The molecule has 0 aliphatic carbocycles. The highest BCUT2D eigenvalue weighted by Gasteiger charge is 2.35. The molecule has 1 atom stereocenters. The fraction of sp³-hybridized carbons (Fsp3) is 0.733. The first kappa shape index (κ1) is 18.9. The Kier molecular flexibility index (Phi) is 6.53. The van der Waals surface area contributed by atoms with Gasteiger partial charge in [-0.3, -0.25) is 9.59 Å². The van der Waals surface area contributed by atoms with E-state index in [9.17, 15) is 19.2 Å². The molecule has 3 amide bonds. The second kappa shape index (κ2) is 7.94. The van der Waals surface area contributed by atoms with Crippen LogP contribution in [-0.2, 0) is 24.0 Å². The van der Waals surface area contributed by atoms with E-state index in [0.29, 0.717) is 17.9 Å². The summed E-state index contributed by atoms with van der Waals surface area (Å²) in [6.07, 6.45) is 1.08. The van der Waals surface area contributed by atoms with E-state index in [4.69, 9.17) is 9.57 Å². The Balaban J connectivity index is 2.68. The fourth-order valence-corrected chi connectivity index (χ4v) is 1.92. The Morgan fingerprint density at radius 3 is 2.26 bits per heavy atom. The highest BCUT2D eigenvalue weighted by atomic mass is 16.7. The average Bonchev–Trinajstić information content (AvgIpc) is 2.73. The number of rotatable bonds is 6. The maximum absolute atomic E-state index is 12.2. The quantitative estimate of drug-likeness (QED) is 0.744. The Morgan fingerprint density at radius 1 is 1.22 bits per heavy atom. The number of carbonyl (C=O) groups excluding carboxylic acids is 4. The van der Waals surface area contributed by atoms with Crippen molar-refractivity contribution in [1.82, 2.24) is 10.4 Å². The van der Waals surface area contributed by atoms with Gasteiger partial charge in [0.2, 0.25) is 0 Å². The summed E-state index contributed by atoms with van der Waals surface area (Å²) in [7, 11) is 0. The maximum Gasteiger partial charge on any atom is 0.408 e. The zero-order chi connectivity index (χ0) is 17.6. The van der Waals surface area contributed by atoms with Crippen LogP contribution in [0, 0.1) is 0 Å². The van der Waals surface area contributed by atoms with E-state index in [2.05, 4.69) is 5.32 Å². The molecule has 0 aromatic heterocycles. The number of hydroxylamine groups is 2. The normalized spacial score (nSPS) is 16.3. The van der Waals surface area contributed by atoms with E-state index in [1.807, 2.05) is 6.92 Å². The highest BCUT2D eigenvalue weighted by molar-refractivity contribution is 6.01. The lowest BCUT2D eigenvalue weighted by Crippen LogP contribution is -2.46. The Labute approximate surface area is 135 Å².